The van der Waals surface area contributed by atoms with Crippen molar-refractivity contribution in [3.8, 4) is 0 Å². The van der Waals surface area contributed by atoms with E-state index in [1.165, 1.54) is 0 Å². The molecule has 2 fully saturated rings. The van der Waals surface area contributed by atoms with Crippen molar-refractivity contribution in [2.24, 2.45) is 0 Å². The van der Waals surface area contributed by atoms with Crippen LogP contribution in [-0.2, 0) is 9.59 Å². The summed E-state index contributed by atoms with van der Waals surface area (Å²) < 4.78 is 0. The van der Waals surface area contributed by atoms with Crippen molar-refractivity contribution in [1.29, 1.82) is 0 Å². The van der Waals surface area contributed by atoms with Crippen LogP contribution in [0.3, 0.4) is 0 Å². The lowest BCUT2D eigenvalue weighted by molar-refractivity contribution is -0.148. The molecule has 5 heteroatoms. The predicted molar refractivity (Wildman–Crippen MR) is 67.2 cm³/mol. The quantitative estimate of drug-likeness (QED) is 0.712. The van der Waals surface area contributed by atoms with Gasteiger partial charge in [0.25, 0.3) is 0 Å². The number of aliphatic carboxylic acids is 1. The number of hydrogen-bond donors (Lipinski definition) is 2. The molecular formula is C13H20N2O3. The maximum absolute atomic E-state index is 12.4. The van der Waals surface area contributed by atoms with Gasteiger partial charge in [0.15, 0.2) is 0 Å². The van der Waals surface area contributed by atoms with E-state index in [-0.39, 0.29) is 5.91 Å². The van der Waals surface area contributed by atoms with Gasteiger partial charge in [-0.25, -0.2) is 4.79 Å². The van der Waals surface area contributed by atoms with Crippen molar-refractivity contribution in [3.05, 3.63) is 11.1 Å². The van der Waals surface area contributed by atoms with Gasteiger partial charge in [0.1, 0.15) is 6.04 Å². The minimum absolute atomic E-state index is 0.0965. The summed E-state index contributed by atoms with van der Waals surface area (Å²) in [6.07, 6.45) is 3.36. The molecule has 2 aliphatic rings. The van der Waals surface area contributed by atoms with Gasteiger partial charge in [-0.3, -0.25) is 4.79 Å². The van der Waals surface area contributed by atoms with E-state index in [1.54, 1.807) is 4.90 Å². The van der Waals surface area contributed by atoms with Gasteiger partial charge in [-0.2, -0.15) is 0 Å². The Balaban J connectivity index is 2.16. The van der Waals surface area contributed by atoms with Crippen molar-refractivity contribution in [3.63, 3.8) is 0 Å². The number of nitrogens with zero attached hydrogens (tertiary/aromatic N) is 1. The number of carbonyl (C=O) groups excluding carboxylic acids is 1. The van der Waals surface area contributed by atoms with E-state index < -0.39 is 12.0 Å². The molecule has 0 radical (unpaired) electrons. The molecule has 5 nitrogen and oxygen atoms in total. The summed E-state index contributed by atoms with van der Waals surface area (Å²) in [7, 11) is 0. The molecule has 2 saturated heterocycles. The van der Waals surface area contributed by atoms with E-state index >= 15 is 0 Å². The third-order valence-corrected chi connectivity index (χ3v) is 3.83. The summed E-state index contributed by atoms with van der Waals surface area (Å²) in [5.41, 5.74) is 1.83. The Morgan fingerprint density at radius 1 is 1.28 bits per heavy atom. The smallest absolute Gasteiger partial charge is 0.326 e. The van der Waals surface area contributed by atoms with Crippen LogP contribution in [0.2, 0.25) is 0 Å². The van der Waals surface area contributed by atoms with Gasteiger partial charge in [0.2, 0.25) is 5.91 Å². The lowest BCUT2D eigenvalue weighted by atomic mass is 10.0. The van der Waals surface area contributed by atoms with Crippen LogP contribution < -0.4 is 5.32 Å². The minimum Gasteiger partial charge on any atom is -0.480 e. The Morgan fingerprint density at radius 2 is 2.00 bits per heavy atom. The molecule has 0 bridgehead atoms. The number of amides is 1. The van der Waals surface area contributed by atoms with Gasteiger partial charge in [0, 0.05) is 25.2 Å². The molecule has 0 aromatic rings. The third-order valence-electron chi connectivity index (χ3n) is 3.83. The first-order valence-electron chi connectivity index (χ1n) is 6.54. The normalized spacial score (nSPS) is 24.2. The number of carboxylic acids is 1. The third kappa shape index (κ3) is 2.56. The van der Waals surface area contributed by atoms with Crippen LogP contribution in [0.5, 0.6) is 0 Å². The van der Waals surface area contributed by atoms with Crippen molar-refractivity contribution < 1.29 is 14.7 Å². The molecule has 2 N–H and O–H groups in total. The minimum atomic E-state index is -0.880. The number of carboxylic acid groups (broad SMARTS) is 1. The average molecular weight is 252 g/mol. The van der Waals surface area contributed by atoms with E-state index in [1.807, 2.05) is 6.92 Å². The van der Waals surface area contributed by atoms with Crippen LogP contribution in [0.25, 0.3) is 0 Å². The molecule has 18 heavy (non-hydrogen) atoms. The van der Waals surface area contributed by atoms with Crippen molar-refractivity contribution in [1.82, 2.24) is 10.2 Å². The monoisotopic (exact) mass is 252 g/mol. The highest BCUT2D eigenvalue weighted by molar-refractivity contribution is 5.96. The van der Waals surface area contributed by atoms with Crippen molar-refractivity contribution >= 4 is 11.9 Å². The van der Waals surface area contributed by atoms with E-state index in [4.69, 9.17) is 0 Å². The Hall–Kier alpha value is -1.36. The zero-order chi connectivity index (χ0) is 13.1. The van der Waals surface area contributed by atoms with Crippen molar-refractivity contribution in [2.75, 3.05) is 19.6 Å². The lowest BCUT2D eigenvalue weighted by Gasteiger charge is -2.30. The second-order valence-corrected chi connectivity index (χ2v) is 5.03. The number of hydrogen-bond acceptors (Lipinski definition) is 3. The topological polar surface area (TPSA) is 69.6 Å². The first-order chi connectivity index (χ1) is 8.61. The van der Waals surface area contributed by atoms with Crippen LogP contribution in [0, 0.1) is 0 Å². The number of rotatable bonds is 2. The van der Waals surface area contributed by atoms with Gasteiger partial charge < -0.3 is 15.3 Å². The van der Waals surface area contributed by atoms with Gasteiger partial charge in [-0.1, -0.05) is 12.8 Å². The molecule has 2 aliphatic heterocycles. The fraction of sp³-hybridized carbons (Fsp3) is 0.692. The summed E-state index contributed by atoms with van der Waals surface area (Å²) in [6.45, 7) is 3.88. The maximum atomic E-state index is 12.4. The molecule has 100 valence electrons. The molecule has 0 aliphatic carbocycles. The van der Waals surface area contributed by atoms with E-state index in [0.717, 1.165) is 43.5 Å². The van der Waals surface area contributed by atoms with Gasteiger partial charge in [-0.05, 0) is 25.3 Å². The highest BCUT2D eigenvalue weighted by Crippen LogP contribution is 2.21. The van der Waals surface area contributed by atoms with Crippen LogP contribution in [0.4, 0.5) is 0 Å². The predicted octanol–water partition coefficient (Wildman–Crippen LogP) is 0.762. The molecule has 1 unspecified atom stereocenters. The van der Waals surface area contributed by atoms with Crippen LogP contribution in [-0.4, -0.2) is 47.6 Å². The number of carbonyl (C=O) groups is 2. The maximum Gasteiger partial charge on any atom is 0.326 e. The molecule has 0 saturated carbocycles. The lowest BCUT2D eigenvalue weighted by Crippen LogP contribution is -2.46. The molecule has 2 rings (SSSR count). The summed E-state index contributed by atoms with van der Waals surface area (Å²) in [4.78, 5) is 25.2. The molecule has 0 spiro atoms. The average Bonchev–Trinajstić information content (AvgIpc) is 2.50. The highest BCUT2D eigenvalue weighted by atomic mass is 16.4. The summed E-state index contributed by atoms with van der Waals surface area (Å²) in [6, 6.07) is -0.649. The van der Waals surface area contributed by atoms with Gasteiger partial charge >= 0.3 is 5.97 Å². The van der Waals surface area contributed by atoms with Crippen LogP contribution in [0.1, 0.15) is 32.6 Å². The number of nitrogens with one attached hydrogen (secondary N) is 1. The summed E-state index contributed by atoms with van der Waals surface area (Å²) >= 11 is 0. The SMILES string of the molecule is CC(C(=O)N1CCCCCC1C(=O)O)=C1CNC1. The Labute approximate surface area is 107 Å². The first kappa shape index (κ1) is 13.1. The molecule has 0 aromatic heterocycles. The van der Waals surface area contributed by atoms with E-state index in [0.29, 0.717) is 13.0 Å². The van der Waals surface area contributed by atoms with E-state index in [9.17, 15) is 14.7 Å². The van der Waals surface area contributed by atoms with Crippen LogP contribution in [0.15, 0.2) is 11.1 Å². The van der Waals surface area contributed by atoms with Gasteiger partial charge in [-0.15, -0.1) is 0 Å². The standard InChI is InChI=1S/C13H20N2O3/c1-9(10-7-14-8-10)12(16)15-6-4-2-3-5-11(15)13(17)18/h11,14H,2-8H2,1H3,(H,17,18). The molecule has 0 aromatic carbocycles. The fourth-order valence-electron chi connectivity index (χ4n) is 2.49. The molecular weight excluding hydrogens is 232 g/mol. The second-order valence-electron chi connectivity index (χ2n) is 5.03. The zero-order valence-electron chi connectivity index (χ0n) is 10.7. The van der Waals surface area contributed by atoms with Gasteiger partial charge in [0.05, 0.1) is 0 Å². The Morgan fingerprint density at radius 3 is 2.56 bits per heavy atom. The highest BCUT2D eigenvalue weighted by Gasteiger charge is 2.32. The second kappa shape index (κ2) is 5.52. The van der Waals surface area contributed by atoms with Crippen molar-refractivity contribution in [2.45, 2.75) is 38.6 Å². The summed E-state index contributed by atoms with van der Waals surface area (Å²) in [5, 5.41) is 12.4. The molecule has 1 amide bonds. The zero-order valence-corrected chi connectivity index (χ0v) is 10.7. The molecule has 1 atom stereocenters. The first-order valence-corrected chi connectivity index (χ1v) is 6.54. The Kier molecular flexibility index (Phi) is 4.01. The Bertz CT molecular complexity index is 384. The molecule has 2 heterocycles. The summed E-state index contributed by atoms with van der Waals surface area (Å²) in [5.74, 6) is -0.976. The number of likely N-dealkylation sites (tertiary alicyclic amines) is 1. The largest absolute Gasteiger partial charge is 0.480 e. The van der Waals surface area contributed by atoms with Crippen LogP contribution >= 0.6 is 0 Å². The van der Waals surface area contributed by atoms with E-state index in [2.05, 4.69) is 5.32 Å². The fourth-order valence-corrected chi connectivity index (χ4v) is 2.49.